The number of hydrogen-bond acceptors (Lipinski definition) is 6. The van der Waals surface area contributed by atoms with Crippen LogP contribution >= 0.6 is 15.9 Å². The van der Waals surface area contributed by atoms with Gasteiger partial charge in [0.15, 0.2) is 17.3 Å². The number of carbonyl (C=O) groups is 1. The van der Waals surface area contributed by atoms with Gasteiger partial charge in [-0.25, -0.2) is 9.78 Å². The van der Waals surface area contributed by atoms with Crippen molar-refractivity contribution in [2.75, 3.05) is 6.61 Å². The number of esters is 1. The molecule has 0 amide bonds. The van der Waals surface area contributed by atoms with E-state index in [2.05, 4.69) is 21.0 Å². The summed E-state index contributed by atoms with van der Waals surface area (Å²) in [5.74, 6) is 0.611. The Morgan fingerprint density at radius 2 is 1.72 bits per heavy atom. The van der Waals surface area contributed by atoms with E-state index in [1.165, 1.54) is 4.68 Å². The number of fused-ring (bicyclic) bond motifs is 1. The summed E-state index contributed by atoms with van der Waals surface area (Å²) in [6.45, 7) is 4.17. The van der Waals surface area contributed by atoms with Crippen molar-refractivity contribution >= 4 is 39.0 Å². The highest BCUT2D eigenvalue weighted by atomic mass is 79.9. The number of aromatic nitrogens is 2. The van der Waals surface area contributed by atoms with E-state index in [1.807, 2.05) is 56.3 Å². The van der Waals surface area contributed by atoms with E-state index in [0.29, 0.717) is 46.0 Å². The highest BCUT2D eigenvalue weighted by molar-refractivity contribution is 9.10. The van der Waals surface area contributed by atoms with Crippen molar-refractivity contribution in [2.45, 2.75) is 13.8 Å². The van der Waals surface area contributed by atoms with Gasteiger partial charge in [-0.15, -0.1) is 0 Å². The molecule has 0 bridgehead atoms. The third-order valence-corrected chi connectivity index (χ3v) is 6.46. The van der Waals surface area contributed by atoms with E-state index < -0.39 is 5.97 Å². The van der Waals surface area contributed by atoms with Crippen LogP contribution in [0.4, 0.5) is 0 Å². The van der Waals surface area contributed by atoms with Crippen LogP contribution in [-0.2, 0) is 0 Å². The Hall–Kier alpha value is -4.56. The summed E-state index contributed by atoms with van der Waals surface area (Å²) in [5.41, 5.74) is 3.18. The molecule has 0 radical (unpaired) electrons. The molecule has 0 atom stereocenters. The monoisotopic (exact) mass is 581 g/mol. The molecule has 0 fully saturated rings. The first-order valence-electron chi connectivity index (χ1n) is 12.3. The van der Waals surface area contributed by atoms with Crippen LogP contribution < -0.4 is 15.0 Å². The second kappa shape index (κ2) is 11.4. The zero-order valence-electron chi connectivity index (χ0n) is 21.3. The molecule has 5 rings (SSSR count). The fourth-order valence-electron chi connectivity index (χ4n) is 3.95. The molecular weight excluding hydrogens is 558 g/mol. The fourth-order valence-corrected chi connectivity index (χ4v) is 4.21. The number of carbonyl (C=O) groups excluding carboxylic acids is 1. The number of nitrogens with zero attached hydrogens (tertiary/aromatic N) is 3. The normalized spacial score (nSPS) is 11.2. The van der Waals surface area contributed by atoms with Crippen molar-refractivity contribution in [3.8, 4) is 22.9 Å². The summed E-state index contributed by atoms with van der Waals surface area (Å²) < 4.78 is 13.6. The number of rotatable bonds is 7. The largest absolute Gasteiger partial charge is 0.490 e. The lowest BCUT2D eigenvalue weighted by molar-refractivity contribution is 0.0728. The van der Waals surface area contributed by atoms with Crippen molar-refractivity contribution in [3.63, 3.8) is 0 Å². The third-order valence-electron chi connectivity index (χ3n) is 5.94. The lowest BCUT2D eigenvalue weighted by Gasteiger charge is -2.12. The number of aryl methyl sites for hydroxylation is 1. The minimum absolute atomic E-state index is 0.288. The molecule has 0 aliphatic heterocycles. The van der Waals surface area contributed by atoms with Crippen molar-refractivity contribution < 1.29 is 14.3 Å². The maximum atomic E-state index is 13.4. The maximum Gasteiger partial charge on any atom is 0.343 e. The van der Waals surface area contributed by atoms with E-state index in [9.17, 15) is 9.59 Å². The van der Waals surface area contributed by atoms with E-state index in [4.69, 9.17) is 14.5 Å². The summed E-state index contributed by atoms with van der Waals surface area (Å²) in [4.78, 5) is 30.8. The first-order valence-corrected chi connectivity index (χ1v) is 13.1. The molecule has 0 unspecified atom stereocenters. The van der Waals surface area contributed by atoms with Gasteiger partial charge in [0.25, 0.3) is 5.56 Å². The van der Waals surface area contributed by atoms with E-state index >= 15 is 0 Å². The highest BCUT2D eigenvalue weighted by Crippen LogP contribution is 2.29. The number of halogens is 1. The second-order valence-corrected chi connectivity index (χ2v) is 9.63. The van der Waals surface area contributed by atoms with Crippen molar-refractivity contribution in [1.29, 1.82) is 0 Å². The van der Waals surface area contributed by atoms with Crippen molar-refractivity contribution in [3.05, 3.63) is 123 Å². The Morgan fingerprint density at radius 1 is 0.974 bits per heavy atom. The van der Waals surface area contributed by atoms with Crippen LogP contribution in [0, 0.1) is 6.92 Å². The lowest BCUT2D eigenvalue weighted by Crippen LogP contribution is -2.20. The topological polar surface area (TPSA) is 82.8 Å². The smallest absolute Gasteiger partial charge is 0.343 e. The number of ether oxygens (including phenoxy) is 2. The predicted octanol–water partition coefficient (Wildman–Crippen LogP) is 6.63. The quantitative estimate of drug-likeness (QED) is 0.122. The minimum Gasteiger partial charge on any atom is -0.490 e. The Labute approximate surface area is 233 Å². The second-order valence-electron chi connectivity index (χ2n) is 8.72. The number of hydrogen-bond donors (Lipinski definition) is 0. The molecule has 5 aromatic rings. The zero-order valence-corrected chi connectivity index (χ0v) is 22.9. The molecule has 0 saturated carbocycles. The molecule has 1 aromatic heterocycles. The SMILES string of the molecule is CCOc1cc(C=Nn2c(-c3ccc(Br)cc3)nc3ccccc3c2=O)ccc1OC(=O)c1ccc(C)cc1. The molecule has 8 heteroatoms. The van der Waals surface area contributed by atoms with Gasteiger partial charge in [0.2, 0.25) is 0 Å². The van der Waals surface area contributed by atoms with Gasteiger partial charge in [0.1, 0.15) is 0 Å². The van der Waals surface area contributed by atoms with Gasteiger partial charge < -0.3 is 9.47 Å². The van der Waals surface area contributed by atoms with Gasteiger partial charge in [-0.2, -0.15) is 9.78 Å². The van der Waals surface area contributed by atoms with Crippen LogP contribution in [0.3, 0.4) is 0 Å². The van der Waals surface area contributed by atoms with Crippen LogP contribution in [0.5, 0.6) is 11.5 Å². The van der Waals surface area contributed by atoms with Gasteiger partial charge in [-0.3, -0.25) is 4.79 Å². The highest BCUT2D eigenvalue weighted by Gasteiger charge is 2.15. The molecule has 7 nitrogen and oxygen atoms in total. The lowest BCUT2D eigenvalue weighted by atomic mass is 10.1. The Kier molecular flexibility index (Phi) is 7.65. The molecule has 39 heavy (non-hydrogen) atoms. The fraction of sp³-hybridized carbons (Fsp3) is 0.0968. The van der Waals surface area contributed by atoms with E-state index in [-0.39, 0.29) is 5.56 Å². The van der Waals surface area contributed by atoms with Gasteiger partial charge in [-0.05, 0) is 74.0 Å². The van der Waals surface area contributed by atoms with Crippen LogP contribution in [0.15, 0.2) is 105 Å². The molecule has 1 heterocycles. The minimum atomic E-state index is -0.481. The van der Waals surface area contributed by atoms with Gasteiger partial charge >= 0.3 is 5.97 Å². The predicted molar refractivity (Wildman–Crippen MR) is 156 cm³/mol. The summed E-state index contributed by atoms with van der Waals surface area (Å²) in [6, 6.07) is 26.9. The molecule has 0 aliphatic rings. The van der Waals surface area contributed by atoms with Gasteiger partial charge in [0, 0.05) is 10.0 Å². The van der Waals surface area contributed by atoms with Crippen LogP contribution in [-0.4, -0.2) is 28.5 Å². The summed E-state index contributed by atoms with van der Waals surface area (Å²) in [5, 5.41) is 4.98. The van der Waals surface area contributed by atoms with E-state index in [1.54, 1.807) is 54.7 Å². The van der Waals surface area contributed by atoms with Crippen LogP contribution in [0.25, 0.3) is 22.3 Å². The molecule has 0 saturated heterocycles. The summed E-state index contributed by atoms with van der Waals surface area (Å²) in [7, 11) is 0. The van der Waals surface area contributed by atoms with Gasteiger partial charge in [-0.1, -0.05) is 57.9 Å². The Morgan fingerprint density at radius 3 is 2.46 bits per heavy atom. The summed E-state index contributed by atoms with van der Waals surface area (Å²) in [6.07, 6.45) is 1.55. The maximum absolute atomic E-state index is 13.4. The first-order chi connectivity index (χ1) is 18.9. The molecule has 194 valence electrons. The van der Waals surface area contributed by atoms with Crippen LogP contribution in [0.1, 0.15) is 28.4 Å². The van der Waals surface area contributed by atoms with E-state index in [0.717, 1.165) is 15.6 Å². The molecule has 0 spiro atoms. The average molecular weight is 582 g/mol. The first kappa shape index (κ1) is 26.1. The molecule has 0 aliphatic carbocycles. The number of para-hydroxylation sites is 1. The molecule has 4 aromatic carbocycles. The van der Waals surface area contributed by atoms with Crippen molar-refractivity contribution in [2.24, 2.45) is 5.10 Å². The average Bonchev–Trinajstić information content (AvgIpc) is 2.94. The molecular formula is C31H24BrN3O4. The number of benzene rings is 4. The van der Waals surface area contributed by atoms with Gasteiger partial charge in [0.05, 0.1) is 29.3 Å². The Balaban J connectivity index is 1.51. The molecule has 0 N–H and O–H groups in total. The summed E-state index contributed by atoms with van der Waals surface area (Å²) >= 11 is 3.45. The standard InChI is InChI=1S/C31H24BrN3O4/c1-3-38-28-18-21(10-17-27(28)39-31(37)23-11-8-20(2)9-12-23)19-33-35-29(22-13-15-24(32)16-14-22)34-26-7-5-4-6-25(26)30(35)36/h4-19H,3H2,1-2H3. The Bertz CT molecular complexity index is 1740. The zero-order chi connectivity index (χ0) is 27.4. The third kappa shape index (κ3) is 5.81. The van der Waals surface area contributed by atoms with Crippen molar-refractivity contribution in [1.82, 2.24) is 9.66 Å². The van der Waals surface area contributed by atoms with Crippen LogP contribution in [0.2, 0.25) is 0 Å².